The van der Waals surface area contributed by atoms with E-state index in [1.54, 1.807) is 19.2 Å². The Bertz CT molecular complexity index is 947. The van der Waals surface area contributed by atoms with E-state index in [2.05, 4.69) is 26.7 Å². The zero-order valence-electron chi connectivity index (χ0n) is 12.5. The second-order valence-corrected chi connectivity index (χ2v) is 5.32. The highest BCUT2D eigenvalue weighted by molar-refractivity contribution is 6.31. The number of nitrogens with zero attached hydrogens (tertiary/aromatic N) is 2. The fraction of sp³-hybridized carbons (Fsp3) is 0.0625. The van der Waals surface area contributed by atoms with E-state index in [9.17, 15) is 9.18 Å². The first-order valence-corrected chi connectivity index (χ1v) is 7.29. The number of hydrogen-bond donors (Lipinski definition) is 3. The molecule has 24 heavy (non-hydrogen) atoms. The van der Waals surface area contributed by atoms with Gasteiger partial charge in [0.15, 0.2) is 0 Å². The van der Waals surface area contributed by atoms with Crippen molar-refractivity contribution < 1.29 is 9.18 Å². The van der Waals surface area contributed by atoms with Crippen molar-refractivity contribution in [3.8, 4) is 0 Å². The maximum atomic E-state index is 13.3. The van der Waals surface area contributed by atoms with Gasteiger partial charge in [0.05, 0.1) is 10.5 Å². The standard InChI is InChI=1S/C16H12ClFN5O/c1-20-8-2-4-10-13(7-8)22-16(14(19)24)23-15(10)21-9-3-5-12(18)11(17)6-9/h3-7,20H,1H3,(H2,19,24)(H,21,22,23). The zero-order valence-corrected chi connectivity index (χ0v) is 13.3. The first-order chi connectivity index (χ1) is 11.5. The molecule has 0 bridgehead atoms. The Kier molecular flexibility index (Phi) is 4.18. The van der Waals surface area contributed by atoms with Crippen LogP contribution >= 0.6 is 11.6 Å². The molecule has 1 amide bonds. The fourth-order valence-electron chi connectivity index (χ4n) is 2.13. The Hall–Kier alpha value is -2.93. The van der Waals surface area contributed by atoms with Crippen LogP contribution in [-0.2, 0) is 0 Å². The number of nitrogens with one attached hydrogen (secondary N) is 2. The van der Waals surface area contributed by atoms with Gasteiger partial charge in [0.1, 0.15) is 11.6 Å². The van der Waals surface area contributed by atoms with Crippen LogP contribution in [0.5, 0.6) is 0 Å². The van der Waals surface area contributed by atoms with Gasteiger partial charge in [-0.25, -0.2) is 14.4 Å². The summed E-state index contributed by atoms with van der Waals surface area (Å²) in [7, 11) is 1.74. The first-order valence-electron chi connectivity index (χ1n) is 6.91. The van der Waals surface area contributed by atoms with Crippen molar-refractivity contribution >= 4 is 45.6 Å². The molecule has 0 saturated heterocycles. The molecule has 0 aliphatic heterocycles. The number of nitrogens with two attached hydrogens (primary N) is 1. The molecule has 4 N–H and O–H groups in total. The largest absolute Gasteiger partial charge is 0.388 e. The smallest absolute Gasteiger partial charge is 0.286 e. The lowest BCUT2D eigenvalue weighted by Crippen LogP contribution is -2.16. The summed E-state index contributed by atoms with van der Waals surface area (Å²) in [4.78, 5) is 19.8. The van der Waals surface area contributed by atoms with Gasteiger partial charge in [-0.15, -0.1) is 0 Å². The average Bonchev–Trinajstić information content (AvgIpc) is 2.57. The molecule has 0 unspecified atom stereocenters. The molecule has 0 aliphatic carbocycles. The van der Waals surface area contributed by atoms with Gasteiger partial charge < -0.3 is 16.4 Å². The predicted molar refractivity (Wildman–Crippen MR) is 91.1 cm³/mol. The van der Waals surface area contributed by atoms with Gasteiger partial charge in [-0.05, 0) is 30.3 Å². The lowest BCUT2D eigenvalue weighted by molar-refractivity contribution is 0.0991. The molecule has 0 atom stereocenters. The van der Waals surface area contributed by atoms with Crippen LogP contribution < -0.4 is 16.4 Å². The monoisotopic (exact) mass is 344 g/mol. The number of anilines is 3. The van der Waals surface area contributed by atoms with Gasteiger partial charge in [0.2, 0.25) is 5.82 Å². The van der Waals surface area contributed by atoms with Crippen molar-refractivity contribution in [1.29, 1.82) is 0 Å². The van der Waals surface area contributed by atoms with Crippen molar-refractivity contribution in [3.63, 3.8) is 0 Å². The molecule has 1 heterocycles. The third-order valence-corrected chi connectivity index (χ3v) is 3.59. The Morgan fingerprint density at radius 1 is 1.33 bits per heavy atom. The van der Waals surface area contributed by atoms with Crippen LogP contribution in [0.1, 0.15) is 10.6 Å². The minimum Gasteiger partial charge on any atom is -0.388 e. The summed E-state index contributed by atoms with van der Waals surface area (Å²) in [5, 5.41) is 6.53. The number of carbonyl (C=O) groups is 1. The van der Waals surface area contributed by atoms with Gasteiger partial charge in [-0.1, -0.05) is 11.6 Å². The molecule has 3 rings (SSSR count). The maximum Gasteiger partial charge on any atom is 0.286 e. The summed E-state index contributed by atoms with van der Waals surface area (Å²) in [6, 6.07) is 10.6. The highest BCUT2D eigenvalue weighted by Gasteiger charge is 2.13. The topological polar surface area (TPSA) is 92.9 Å². The molecule has 0 saturated carbocycles. The summed E-state index contributed by atoms with van der Waals surface area (Å²) >= 11 is 5.78. The third kappa shape index (κ3) is 3.07. The Morgan fingerprint density at radius 2 is 2.12 bits per heavy atom. The van der Waals surface area contributed by atoms with Gasteiger partial charge in [0, 0.05) is 29.9 Å². The molecule has 0 spiro atoms. The number of benzene rings is 2. The summed E-state index contributed by atoms with van der Waals surface area (Å²) in [5.41, 5.74) is 7.02. The second-order valence-electron chi connectivity index (χ2n) is 4.91. The van der Waals surface area contributed by atoms with E-state index in [1.165, 1.54) is 18.2 Å². The van der Waals surface area contributed by atoms with Crippen molar-refractivity contribution in [2.45, 2.75) is 0 Å². The third-order valence-electron chi connectivity index (χ3n) is 3.30. The second kappa shape index (κ2) is 6.29. The minimum atomic E-state index is -0.754. The van der Waals surface area contributed by atoms with E-state index in [-0.39, 0.29) is 10.8 Å². The maximum absolute atomic E-state index is 13.3. The molecule has 1 radical (unpaired) electrons. The highest BCUT2D eigenvalue weighted by atomic mass is 35.5. The van der Waals surface area contributed by atoms with E-state index in [0.29, 0.717) is 28.1 Å². The van der Waals surface area contributed by atoms with Gasteiger partial charge in [-0.2, -0.15) is 0 Å². The number of hydrogen-bond acceptors (Lipinski definition) is 5. The number of halogens is 2. The molecule has 1 aromatic heterocycles. The van der Waals surface area contributed by atoms with Crippen LogP contribution in [0.4, 0.5) is 21.6 Å². The van der Waals surface area contributed by atoms with Crippen molar-refractivity contribution in [3.05, 3.63) is 53.1 Å². The van der Waals surface area contributed by atoms with E-state index >= 15 is 0 Å². The normalized spacial score (nSPS) is 10.6. The predicted octanol–water partition coefficient (Wildman–Crippen LogP) is 3.11. The molecule has 121 valence electrons. The van der Waals surface area contributed by atoms with Crippen LogP contribution in [0.25, 0.3) is 10.9 Å². The first kappa shape index (κ1) is 15.9. The number of rotatable bonds is 4. The number of fused-ring (bicyclic) bond motifs is 1. The summed E-state index contributed by atoms with van der Waals surface area (Å²) in [5.74, 6) is -1.07. The molecule has 6 nitrogen and oxygen atoms in total. The Labute approximate surface area is 141 Å². The fourth-order valence-corrected chi connectivity index (χ4v) is 2.31. The number of carbonyl (C=O) groups excluding carboxylic acids is 1. The van der Waals surface area contributed by atoms with Crippen molar-refractivity contribution in [1.82, 2.24) is 9.97 Å². The lowest BCUT2D eigenvalue weighted by Gasteiger charge is -2.11. The summed E-state index contributed by atoms with van der Waals surface area (Å²) in [6.45, 7) is 0. The molecule has 0 aliphatic rings. The molecule has 2 aromatic carbocycles. The molecule has 8 heteroatoms. The van der Waals surface area contributed by atoms with Gasteiger partial charge in [0.25, 0.3) is 5.91 Å². The van der Waals surface area contributed by atoms with Gasteiger partial charge >= 0.3 is 0 Å². The average molecular weight is 345 g/mol. The van der Waals surface area contributed by atoms with Crippen LogP contribution in [0.2, 0.25) is 5.02 Å². The van der Waals surface area contributed by atoms with Gasteiger partial charge in [-0.3, -0.25) is 4.79 Å². The summed E-state index contributed by atoms with van der Waals surface area (Å²) < 4.78 is 13.3. The molecule has 0 fully saturated rings. The minimum absolute atomic E-state index is 0.0301. The molecular weight excluding hydrogens is 333 g/mol. The van der Waals surface area contributed by atoms with Crippen LogP contribution in [0.3, 0.4) is 0 Å². The van der Waals surface area contributed by atoms with Crippen LogP contribution in [0.15, 0.2) is 30.3 Å². The quantitative estimate of drug-likeness (QED) is 0.676. The zero-order chi connectivity index (χ0) is 17.3. The van der Waals surface area contributed by atoms with E-state index in [4.69, 9.17) is 17.3 Å². The van der Waals surface area contributed by atoms with Crippen LogP contribution in [0, 0.1) is 11.9 Å². The number of aromatic nitrogens is 2. The van der Waals surface area contributed by atoms with Crippen LogP contribution in [-0.4, -0.2) is 22.9 Å². The van der Waals surface area contributed by atoms with Crippen molar-refractivity contribution in [2.24, 2.45) is 5.73 Å². The Balaban J connectivity index is 2.13. The number of primary amides is 1. The SMILES string of the molecule is CNc1[c]cc2c(Nc3ccc(F)c(Cl)c3)nc(C(N)=O)nc2c1. The number of amides is 1. The van der Waals surface area contributed by atoms with E-state index in [0.717, 1.165) is 0 Å². The Morgan fingerprint density at radius 3 is 2.79 bits per heavy atom. The summed E-state index contributed by atoms with van der Waals surface area (Å²) in [6.07, 6.45) is 0. The van der Waals surface area contributed by atoms with Crippen molar-refractivity contribution in [2.75, 3.05) is 17.7 Å². The lowest BCUT2D eigenvalue weighted by atomic mass is 10.2. The molecular formula is C16H12ClFN5O. The molecule has 3 aromatic rings. The van der Waals surface area contributed by atoms with E-state index in [1.807, 2.05) is 0 Å². The highest BCUT2D eigenvalue weighted by Crippen LogP contribution is 2.27. The van der Waals surface area contributed by atoms with E-state index < -0.39 is 11.7 Å².